The van der Waals surface area contributed by atoms with Gasteiger partial charge in [0, 0.05) is 23.3 Å². The van der Waals surface area contributed by atoms with Gasteiger partial charge in [-0.05, 0) is 38.7 Å². The zero-order chi connectivity index (χ0) is 16.5. The number of rotatable bonds is 5. The molecule has 1 aliphatic carbocycles. The molecule has 22 heavy (non-hydrogen) atoms. The molecule has 0 aromatic heterocycles. The van der Waals surface area contributed by atoms with Gasteiger partial charge >= 0.3 is 5.97 Å². The van der Waals surface area contributed by atoms with Gasteiger partial charge in [0.25, 0.3) is 0 Å². The van der Waals surface area contributed by atoms with Crippen molar-refractivity contribution in [3.8, 4) is 11.5 Å². The highest BCUT2D eigenvalue weighted by atomic mass is 16.5. The van der Waals surface area contributed by atoms with Gasteiger partial charge in [-0.15, -0.1) is 0 Å². The number of fused-ring (bicyclic) bond motifs is 1. The number of ether oxygens (including phenoxy) is 3. The molecule has 1 N–H and O–H groups in total. The summed E-state index contributed by atoms with van der Waals surface area (Å²) in [4.78, 5) is 12.2. The fourth-order valence-electron chi connectivity index (χ4n) is 3.53. The number of aliphatic hydroxyl groups excluding tert-OH is 1. The van der Waals surface area contributed by atoms with Gasteiger partial charge in [-0.2, -0.15) is 0 Å². The second kappa shape index (κ2) is 6.16. The first kappa shape index (κ1) is 16.6. The smallest absolute Gasteiger partial charge is 0.312 e. The Balaban J connectivity index is 2.64. The maximum absolute atomic E-state index is 12.2. The molecule has 1 unspecified atom stereocenters. The Morgan fingerprint density at radius 1 is 1.14 bits per heavy atom. The first-order valence-electron chi connectivity index (χ1n) is 7.38. The Bertz CT molecular complexity index is 593. The Morgan fingerprint density at radius 3 is 2.14 bits per heavy atom. The lowest BCUT2D eigenvalue weighted by Gasteiger charge is -2.19. The molecule has 2 rings (SSSR count). The van der Waals surface area contributed by atoms with E-state index >= 15 is 0 Å². The van der Waals surface area contributed by atoms with Crippen LogP contribution in [0.1, 0.15) is 29.2 Å². The lowest BCUT2D eigenvalue weighted by Crippen LogP contribution is -2.29. The summed E-state index contributed by atoms with van der Waals surface area (Å²) in [6, 6.07) is 0. The third-order valence-electron chi connectivity index (χ3n) is 4.56. The molecule has 1 atom stereocenters. The van der Waals surface area contributed by atoms with E-state index in [1.165, 1.54) is 7.11 Å². The summed E-state index contributed by atoms with van der Waals surface area (Å²) in [6.45, 7) is 3.90. The standard InChI is InChI=1S/C17H24O5/c1-10-11(6-7-18)15(21-4)13-9-17(2,16(19)22-5)8-12(13)14(10)20-3/h18H,6-9H2,1-5H3. The van der Waals surface area contributed by atoms with Gasteiger partial charge in [-0.1, -0.05) is 0 Å². The molecule has 0 heterocycles. The predicted molar refractivity (Wildman–Crippen MR) is 82.6 cm³/mol. The van der Waals surface area contributed by atoms with Gasteiger partial charge in [-0.3, -0.25) is 4.79 Å². The van der Waals surface area contributed by atoms with E-state index in [0.717, 1.165) is 33.8 Å². The van der Waals surface area contributed by atoms with Crippen molar-refractivity contribution < 1.29 is 24.1 Å². The number of esters is 1. The molecule has 0 aliphatic heterocycles. The Labute approximate surface area is 131 Å². The second-order valence-electron chi connectivity index (χ2n) is 6.01. The fourth-order valence-corrected chi connectivity index (χ4v) is 3.53. The molecular weight excluding hydrogens is 284 g/mol. The first-order valence-corrected chi connectivity index (χ1v) is 7.38. The first-order chi connectivity index (χ1) is 10.4. The van der Waals surface area contributed by atoms with E-state index in [0.29, 0.717) is 19.3 Å². The zero-order valence-electron chi connectivity index (χ0n) is 13.9. The predicted octanol–water partition coefficient (Wildman–Crippen LogP) is 1.82. The number of hydrogen-bond acceptors (Lipinski definition) is 5. The van der Waals surface area contributed by atoms with Crippen molar-refractivity contribution >= 4 is 5.97 Å². The van der Waals surface area contributed by atoms with Crippen LogP contribution in [0.3, 0.4) is 0 Å². The van der Waals surface area contributed by atoms with Crippen LogP contribution < -0.4 is 9.47 Å². The van der Waals surface area contributed by atoms with Crippen molar-refractivity contribution in [2.75, 3.05) is 27.9 Å². The van der Waals surface area contributed by atoms with Crippen molar-refractivity contribution in [1.82, 2.24) is 0 Å². The molecule has 0 saturated carbocycles. The Morgan fingerprint density at radius 2 is 1.68 bits per heavy atom. The monoisotopic (exact) mass is 308 g/mol. The van der Waals surface area contributed by atoms with E-state index in [2.05, 4.69) is 0 Å². The van der Waals surface area contributed by atoms with E-state index in [1.807, 2.05) is 13.8 Å². The van der Waals surface area contributed by atoms with E-state index in [4.69, 9.17) is 14.2 Å². The van der Waals surface area contributed by atoms with Gasteiger partial charge in [0.15, 0.2) is 0 Å². The van der Waals surface area contributed by atoms with Crippen molar-refractivity contribution in [3.05, 3.63) is 22.3 Å². The number of carbonyl (C=O) groups excluding carboxylic acids is 1. The van der Waals surface area contributed by atoms with Crippen LogP contribution in [0.2, 0.25) is 0 Å². The zero-order valence-corrected chi connectivity index (χ0v) is 13.9. The molecule has 122 valence electrons. The summed E-state index contributed by atoms with van der Waals surface area (Å²) < 4.78 is 16.2. The summed E-state index contributed by atoms with van der Waals surface area (Å²) in [5.41, 5.74) is 3.28. The average molecular weight is 308 g/mol. The van der Waals surface area contributed by atoms with Crippen LogP contribution in [0.15, 0.2) is 0 Å². The lowest BCUT2D eigenvalue weighted by molar-refractivity contribution is -0.151. The minimum atomic E-state index is -0.609. The lowest BCUT2D eigenvalue weighted by atomic mass is 9.87. The Kier molecular flexibility index (Phi) is 4.66. The van der Waals surface area contributed by atoms with Gasteiger partial charge in [0.05, 0.1) is 26.7 Å². The van der Waals surface area contributed by atoms with Crippen LogP contribution in [0.25, 0.3) is 0 Å². The molecule has 0 amide bonds. The number of benzene rings is 1. The summed E-state index contributed by atoms with van der Waals surface area (Å²) in [7, 11) is 4.66. The number of methoxy groups -OCH3 is 3. The van der Waals surface area contributed by atoms with E-state index in [9.17, 15) is 9.90 Å². The summed E-state index contributed by atoms with van der Waals surface area (Å²) in [6.07, 6.45) is 1.61. The molecular formula is C17H24O5. The largest absolute Gasteiger partial charge is 0.496 e. The maximum atomic E-state index is 12.2. The second-order valence-corrected chi connectivity index (χ2v) is 6.01. The van der Waals surface area contributed by atoms with Crippen molar-refractivity contribution in [1.29, 1.82) is 0 Å². The molecule has 5 nitrogen and oxygen atoms in total. The fraction of sp³-hybridized carbons (Fsp3) is 0.588. The highest BCUT2D eigenvalue weighted by Gasteiger charge is 2.44. The summed E-state index contributed by atoms with van der Waals surface area (Å²) in [5.74, 6) is 1.32. The van der Waals surface area contributed by atoms with Crippen LogP contribution in [-0.4, -0.2) is 39.0 Å². The minimum absolute atomic E-state index is 0.0351. The number of aliphatic hydroxyl groups is 1. The highest BCUT2D eigenvalue weighted by Crippen LogP contribution is 2.49. The van der Waals surface area contributed by atoms with Crippen LogP contribution >= 0.6 is 0 Å². The summed E-state index contributed by atoms with van der Waals surface area (Å²) in [5, 5.41) is 9.33. The molecule has 1 aliphatic rings. The SMILES string of the molecule is COC(=O)C1(C)Cc2c(c(OC)c(CCO)c(C)c2OC)C1. The maximum Gasteiger partial charge on any atom is 0.312 e. The van der Waals surface area contributed by atoms with E-state index < -0.39 is 5.41 Å². The normalized spacial score (nSPS) is 19.7. The Hall–Kier alpha value is -1.75. The van der Waals surface area contributed by atoms with Gasteiger partial charge in [0.2, 0.25) is 0 Å². The van der Waals surface area contributed by atoms with Gasteiger partial charge in [-0.25, -0.2) is 0 Å². The van der Waals surface area contributed by atoms with Gasteiger partial charge < -0.3 is 19.3 Å². The van der Waals surface area contributed by atoms with E-state index in [1.54, 1.807) is 14.2 Å². The molecule has 0 radical (unpaired) electrons. The van der Waals surface area contributed by atoms with Crippen LogP contribution in [0.5, 0.6) is 11.5 Å². The molecule has 0 fully saturated rings. The van der Waals surface area contributed by atoms with Gasteiger partial charge in [0.1, 0.15) is 11.5 Å². The van der Waals surface area contributed by atoms with Crippen molar-refractivity contribution in [3.63, 3.8) is 0 Å². The highest BCUT2D eigenvalue weighted by molar-refractivity contribution is 5.80. The molecule has 0 spiro atoms. The topological polar surface area (TPSA) is 65.0 Å². The number of hydrogen-bond donors (Lipinski definition) is 1. The molecule has 5 heteroatoms. The molecule has 1 aromatic carbocycles. The average Bonchev–Trinajstić information content (AvgIpc) is 2.86. The third kappa shape index (κ3) is 2.43. The molecule has 0 bridgehead atoms. The quantitative estimate of drug-likeness (QED) is 0.841. The minimum Gasteiger partial charge on any atom is -0.496 e. The molecule has 0 saturated heterocycles. The third-order valence-corrected chi connectivity index (χ3v) is 4.56. The van der Waals surface area contributed by atoms with Crippen LogP contribution in [-0.2, 0) is 28.8 Å². The number of carbonyl (C=O) groups is 1. The van der Waals surface area contributed by atoms with Crippen LogP contribution in [0, 0.1) is 12.3 Å². The van der Waals surface area contributed by atoms with Crippen LogP contribution in [0.4, 0.5) is 0 Å². The van der Waals surface area contributed by atoms with Crippen molar-refractivity contribution in [2.45, 2.75) is 33.1 Å². The van der Waals surface area contributed by atoms with Crippen molar-refractivity contribution in [2.24, 2.45) is 5.41 Å². The van der Waals surface area contributed by atoms with E-state index in [-0.39, 0.29) is 12.6 Å². The molecule has 1 aromatic rings. The summed E-state index contributed by atoms with van der Waals surface area (Å²) >= 11 is 0.